The van der Waals surface area contributed by atoms with Gasteiger partial charge < -0.3 is 4.90 Å². The second-order valence-corrected chi connectivity index (χ2v) is 8.13. The van der Waals surface area contributed by atoms with Crippen LogP contribution in [0.25, 0.3) is 0 Å². The minimum atomic E-state index is -4.06. The number of piperidine rings is 1. The van der Waals surface area contributed by atoms with Crippen molar-refractivity contribution in [2.75, 3.05) is 13.1 Å². The van der Waals surface area contributed by atoms with E-state index in [2.05, 4.69) is 4.72 Å². The third kappa shape index (κ3) is 4.73. The summed E-state index contributed by atoms with van der Waals surface area (Å²) < 4.78 is 53.5. The Morgan fingerprint density at radius 2 is 1.92 bits per heavy atom. The highest BCUT2D eigenvalue weighted by Crippen LogP contribution is 2.19. The molecule has 0 unspecified atom stereocenters. The summed E-state index contributed by atoms with van der Waals surface area (Å²) in [5.74, 6) is -1.61. The number of sulfonamides is 1. The Balaban J connectivity index is 1.97. The van der Waals surface area contributed by atoms with Gasteiger partial charge in [-0.05, 0) is 30.9 Å². The number of hydrogen-bond donors (Lipinski definition) is 1. The highest BCUT2D eigenvalue weighted by molar-refractivity contribution is 7.89. The second kappa shape index (κ2) is 7.57. The fourth-order valence-electron chi connectivity index (χ4n) is 2.70. The molecule has 5 nitrogen and oxygen atoms in total. The molecule has 0 atom stereocenters. The molecular weight excluding hydrogens is 338 g/mol. The molecule has 1 aromatic carbocycles. The predicted octanol–water partition coefficient (Wildman–Crippen LogP) is 2.28. The third-order valence-electron chi connectivity index (χ3n) is 3.94. The lowest BCUT2D eigenvalue weighted by molar-refractivity contribution is -0.133. The summed E-state index contributed by atoms with van der Waals surface area (Å²) in [5.41, 5.74) is 0. The summed E-state index contributed by atoms with van der Waals surface area (Å²) in [5, 5.41) is 0. The summed E-state index contributed by atoms with van der Waals surface area (Å²) in [7, 11) is -4.06. The van der Waals surface area contributed by atoms with Crippen molar-refractivity contribution in [3.05, 3.63) is 29.8 Å². The molecule has 1 aliphatic heterocycles. The van der Waals surface area contributed by atoms with Crippen LogP contribution in [-0.2, 0) is 14.8 Å². The smallest absolute Gasteiger partial charge is 0.243 e. The van der Waals surface area contributed by atoms with Crippen molar-refractivity contribution in [2.24, 2.45) is 5.92 Å². The average molecular weight is 360 g/mol. The van der Waals surface area contributed by atoms with Crippen molar-refractivity contribution in [3.8, 4) is 0 Å². The van der Waals surface area contributed by atoms with Gasteiger partial charge in [-0.25, -0.2) is 21.9 Å². The van der Waals surface area contributed by atoms with Crippen LogP contribution in [0.1, 0.15) is 33.1 Å². The number of rotatable bonds is 5. The Bertz CT molecular complexity index is 699. The van der Waals surface area contributed by atoms with Crippen LogP contribution in [0.15, 0.2) is 23.1 Å². The zero-order chi connectivity index (χ0) is 17.9. The summed E-state index contributed by atoms with van der Waals surface area (Å²) in [6.07, 6.45) is 1.40. The molecule has 0 aliphatic carbocycles. The lowest BCUT2D eigenvalue weighted by Crippen LogP contribution is -2.46. The standard InChI is InChI=1S/C16H22F2N2O3S/c1-11(2)9-16(21)20-7-5-13(6-8-20)19-24(22,23)15-4-3-12(17)10-14(15)18/h3-4,10-11,13,19H,5-9H2,1-2H3. The Labute approximate surface area is 141 Å². The molecular formula is C16H22F2N2O3S. The molecule has 0 spiro atoms. The summed E-state index contributed by atoms with van der Waals surface area (Å²) in [6, 6.07) is 1.99. The van der Waals surface area contributed by atoms with Gasteiger partial charge in [-0.3, -0.25) is 4.79 Å². The lowest BCUT2D eigenvalue weighted by atomic mass is 10.0. The molecule has 134 valence electrons. The van der Waals surface area contributed by atoms with E-state index in [-0.39, 0.29) is 17.9 Å². The molecule has 1 aliphatic rings. The van der Waals surface area contributed by atoms with Crippen LogP contribution in [0.5, 0.6) is 0 Å². The fraction of sp³-hybridized carbons (Fsp3) is 0.562. The van der Waals surface area contributed by atoms with Crippen molar-refractivity contribution in [1.82, 2.24) is 9.62 Å². The number of amides is 1. The monoisotopic (exact) mass is 360 g/mol. The van der Waals surface area contributed by atoms with E-state index in [1.807, 2.05) is 13.8 Å². The Kier molecular flexibility index (Phi) is 5.92. The van der Waals surface area contributed by atoms with Crippen LogP contribution >= 0.6 is 0 Å². The van der Waals surface area contributed by atoms with E-state index in [1.54, 1.807) is 4.90 Å². The Hall–Kier alpha value is -1.54. The molecule has 8 heteroatoms. The van der Waals surface area contributed by atoms with Crippen LogP contribution in [0.4, 0.5) is 8.78 Å². The van der Waals surface area contributed by atoms with Gasteiger partial charge in [0.1, 0.15) is 16.5 Å². The van der Waals surface area contributed by atoms with E-state index in [0.29, 0.717) is 38.4 Å². The van der Waals surface area contributed by atoms with Gasteiger partial charge in [0, 0.05) is 31.6 Å². The maximum Gasteiger partial charge on any atom is 0.243 e. The van der Waals surface area contributed by atoms with Gasteiger partial charge in [-0.1, -0.05) is 13.8 Å². The molecule has 1 saturated heterocycles. The van der Waals surface area contributed by atoms with Gasteiger partial charge in [-0.2, -0.15) is 0 Å². The molecule has 1 fully saturated rings. The van der Waals surface area contributed by atoms with Crippen LogP contribution in [-0.4, -0.2) is 38.4 Å². The number of likely N-dealkylation sites (tertiary alicyclic amines) is 1. The zero-order valence-corrected chi connectivity index (χ0v) is 14.6. The van der Waals surface area contributed by atoms with Gasteiger partial charge in [0.25, 0.3) is 0 Å². The number of benzene rings is 1. The van der Waals surface area contributed by atoms with Gasteiger partial charge in [-0.15, -0.1) is 0 Å². The average Bonchev–Trinajstić information content (AvgIpc) is 2.46. The van der Waals surface area contributed by atoms with Crippen molar-refractivity contribution >= 4 is 15.9 Å². The van der Waals surface area contributed by atoms with Gasteiger partial charge in [0.2, 0.25) is 15.9 Å². The highest BCUT2D eigenvalue weighted by Gasteiger charge is 2.28. The third-order valence-corrected chi connectivity index (χ3v) is 5.49. The van der Waals surface area contributed by atoms with Gasteiger partial charge in [0.15, 0.2) is 0 Å². The van der Waals surface area contributed by atoms with Crippen LogP contribution in [0, 0.1) is 17.6 Å². The van der Waals surface area contributed by atoms with Crippen molar-refractivity contribution in [2.45, 2.75) is 44.0 Å². The second-order valence-electron chi connectivity index (χ2n) is 6.45. The highest BCUT2D eigenvalue weighted by atomic mass is 32.2. The Morgan fingerprint density at radius 3 is 2.46 bits per heavy atom. The number of nitrogens with zero attached hydrogens (tertiary/aromatic N) is 1. The first kappa shape index (κ1) is 18.8. The molecule has 0 saturated carbocycles. The summed E-state index contributed by atoms with van der Waals surface area (Å²) in [4.78, 5) is 13.2. The quantitative estimate of drug-likeness (QED) is 0.876. The normalized spacial score (nSPS) is 16.6. The molecule has 24 heavy (non-hydrogen) atoms. The first-order valence-corrected chi connectivity index (χ1v) is 9.42. The minimum absolute atomic E-state index is 0.0656. The van der Waals surface area contributed by atoms with Crippen molar-refractivity contribution in [1.29, 1.82) is 0 Å². The number of halogens is 2. The maximum atomic E-state index is 13.7. The van der Waals surface area contributed by atoms with Crippen LogP contribution in [0.3, 0.4) is 0 Å². The van der Waals surface area contributed by atoms with Crippen molar-refractivity contribution < 1.29 is 22.0 Å². The van der Waals surface area contributed by atoms with Gasteiger partial charge in [0.05, 0.1) is 0 Å². The molecule has 1 amide bonds. The molecule has 2 rings (SSSR count). The Morgan fingerprint density at radius 1 is 1.29 bits per heavy atom. The first-order chi connectivity index (χ1) is 11.2. The lowest BCUT2D eigenvalue weighted by Gasteiger charge is -2.32. The van der Waals surface area contributed by atoms with E-state index in [4.69, 9.17) is 0 Å². The number of nitrogens with one attached hydrogen (secondary N) is 1. The number of hydrogen-bond acceptors (Lipinski definition) is 3. The van der Waals surface area contributed by atoms with Gasteiger partial charge >= 0.3 is 0 Å². The first-order valence-electron chi connectivity index (χ1n) is 7.94. The molecule has 0 aromatic heterocycles. The fourth-order valence-corrected chi connectivity index (χ4v) is 4.07. The summed E-state index contributed by atoms with van der Waals surface area (Å²) >= 11 is 0. The van der Waals surface area contributed by atoms with Crippen molar-refractivity contribution in [3.63, 3.8) is 0 Å². The number of carbonyl (C=O) groups excluding carboxylic acids is 1. The molecule has 1 heterocycles. The minimum Gasteiger partial charge on any atom is -0.343 e. The molecule has 1 N–H and O–H groups in total. The summed E-state index contributed by atoms with van der Waals surface area (Å²) in [6.45, 7) is 4.86. The molecule has 0 bridgehead atoms. The number of carbonyl (C=O) groups is 1. The van der Waals surface area contributed by atoms with E-state index in [9.17, 15) is 22.0 Å². The van der Waals surface area contributed by atoms with E-state index < -0.39 is 26.6 Å². The maximum absolute atomic E-state index is 13.7. The molecule has 0 radical (unpaired) electrons. The van der Waals surface area contributed by atoms with E-state index in [1.165, 1.54) is 0 Å². The van der Waals surface area contributed by atoms with E-state index in [0.717, 1.165) is 12.1 Å². The zero-order valence-electron chi connectivity index (χ0n) is 13.8. The topological polar surface area (TPSA) is 66.5 Å². The largest absolute Gasteiger partial charge is 0.343 e. The molecule has 1 aromatic rings. The van der Waals surface area contributed by atoms with E-state index >= 15 is 0 Å². The predicted molar refractivity (Wildman–Crippen MR) is 85.7 cm³/mol. The van der Waals surface area contributed by atoms with Crippen LogP contribution < -0.4 is 4.72 Å². The van der Waals surface area contributed by atoms with Crippen LogP contribution in [0.2, 0.25) is 0 Å². The SMILES string of the molecule is CC(C)CC(=O)N1CCC(NS(=O)(=O)c2ccc(F)cc2F)CC1.